The Balaban J connectivity index is 2.65. The summed E-state index contributed by atoms with van der Waals surface area (Å²) in [6.45, 7) is 1.34. The number of carbonyl (C=O) groups excluding carboxylic acids is 3. The first-order chi connectivity index (χ1) is 10.4. The summed E-state index contributed by atoms with van der Waals surface area (Å²) < 4.78 is 15.1. The van der Waals surface area contributed by atoms with Crippen LogP contribution in [-0.2, 0) is 20.7 Å². The largest absolute Gasteiger partial charge is 0.493 e. The van der Waals surface area contributed by atoms with Gasteiger partial charge in [0.2, 0.25) is 0 Å². The van der Waals surface area contributed by atoms with Gasteiger partial charge >= 0.3 is 12.0 Å². The number of hydrogen-bond acceptors (Lipinski definition) is 6. The van der Waals surface area contributed by atoms with Crippen molar-refractivity contribution in [2.75, 3.05) is 14.2 Å². The molecule has 1 aromatic rings. The van der Waals surface area contributed by atoms with Crippen molar-refractivity contribution in [2.45, 2.75) is 19.4 Å². The third-order valence-corrected chi connectivity index (χ3v) is 2.72. The van der Waals surface area contributed by atoms with Crippen LogP contribution in [-0.4, -0.2) is 38.2 Å². The molecular weight excluding hydrogens is 292 g/mol. The standard InChI is InChI=1S/C14H18N2O6/c1-8(13(18)16-14(15)19)22-12(17)7-9-4-5-10(20-2)11(6-9)21-3/h4-6,8H,7H2,1-3H3,(H3,15,16,18,19)/t8-/m1/s1. The van der Waals surface area contributed by atoms with Crippen LogP contribution in [0.5, 0.6) is 11.5 Å². The second-order valence-electron chi connectivity index (χ2n) is 4.35. The number of benzene rings is 1. The highest BCUT2D eigenvalue weighted by Gasteiger charge is 2.19. The Morgan fingerprint density at radius 2 is 1.82 bits per heavy atom. The first kappa shape index (κ1) is 17.3. The summed E-state index contributed by atoms with van der Waals surface area (Å²) in [5.74, 6) is -0.395. The monoisotopic (exact) mass is 310 g/mol. The molecule has 0 unspecified atom stereocenters. The fourth-order valence-electron chi connectivity index (χ4n) is 1.67. The SMILES string of the molecule is COc1ccc(CC(=O)O[C@H](C)C(=O)NC(N)=O)cc1OC. The van der Waals surface area contributed by atoms with Crippen molar-refractivity contribution in [3.63, 3.8) is 0 Å². The molecule has 8 heteroatoms. The van der Waals surface area contributed by atoms with E-state index in [0.29, 0.717) is 17.1 Å². The van der Waals surface area contributed by atoms with Gasteiger partial charge in [-0.25, -0.2) is 4.79 Å². The lowest BCUT2D eigenvalue weighted by Crippen LogP contribution is -2.42. The first-order valence-corrected chi connectivity index (χ1v) is 6.38. The second kappa shape index (κ2) is 7.87. The highest BCUT2D eigenvalue weighted by molar-refractivity contribution is 5.96. The molecule has 0 heterocycles. The molecule has 1 aromatic carbocycles. The van der Waals surface area contributed by atoms with Crippen molar-refractivity contribution in [3.05, 3.63) is 23.8 Å². The zero-order valence-electron chi connectivity index (χ0n) is 12.5. The van der Waals surface area contributed by atoms with E-state index in [1.54, 1.807) is 18.2 Å². The van der Waals surface area contributed by atoms with Gasteiger partial charge in [0.05, 0.1) is 20.6 Å². The van der Waals surface area contributed by atoms with Crippen LogP contribution in [0.25, 0.3) is 0 Å². The third-order valence-electron chi connectivity index (χ3n) is 2.72. The normalized spacial score (nSPS) is 11.2. The molecule has 0 aromatic heterocycles. The Labute approximate surface area is 127 Å². The summed E-state index contributed by atoms with van der Waals surface area (Å²) in [4.78, 5) is 33.7. The van der Waals surface area contributed by atoms with E-state index in [4.69, 9.17) is 19.9 Å². The molecule has 0 fully saturated rings. The van der Waals surface area contributed by atoms with Crippen LogP contribution in [0, 0.1) is 0 Å². The highest BCUT2D eigenvalue weighted by atomic mass is 16.5. The molecule has 3 N–H and O–H groups in total. The number of ether oxygens (including phenoxy) is 3. The molecule has 0 saturated carbocycles. The molecule has 120 valence electrons. The summed E-state index contributed by atoms with van der Waals surface area (Å²) in [5.41, 5.74) is 5.44. The minimum atomic E-state index is -1.12. The maximum Gasteiger partial charge on any atom is 0.318 e. The Bertz CT molecular complexity index is 572. The number of primary amides is 1. The number of urea groups is 1. The van der Waals surface area contributed by atoms with Gasteiger partial charge in [0, 0.05) is 0 Å². The van der Waals surface area contributed by atoms with Crippen molar-refractivity contribution in [3.8, 4) is 11.5 Å². The molecule has 3 amide bonds. The van der Waals surface area contributed by atoms with Gasteiger partial charge in [0.15, 0.2) is 17.6 Å². The average Bonchev–Trinajstić information content (AvgIpc) is 2.46. The van der Waals surface area contributed by atoms with Gasteiger partial charge in [-0.3, -0.25) is 14.9 Å². The van der Waals surface area contributed by atoms with Gasteiger partial charge < -0.3 is 19.9 Å². The molecule has 0 aliphatic heterocycles. The van der Waals surface area contributed by atoms with Gasteiger partial charge in [-0.15, -0.1) is 0 Å². The topological polar surface area (TPSA) is 117 Å². The summed E-state index contributed by atoms with van der Waals surface area (Å²) >= 11 is 0. The lowest BCUT2D eigenvalue weighted by molar-refractivity contribution is -0.153. The quantitative estimate of drug-likeness (QED) is 0.733. The Morgan fingerprint density at radius 3 is 2.36 bits per heavy atom. The molecule has 0 aliphatic rings. The number of rotatable bonds is 6. The lowest BCUT2D eigenvalue weighted by atomic mass is 10.1. The number of carbonyl (C=O) groups is 3. The predicted molar refractivity (Wildman–Crippen MR) is 76.5 cm³/mol. The Morgan fingerprint density at radius 1 is 1.18 bits per heavy atom. The highest BCUT2D eigenvalue weighted by Crippen LogP contribution is 2.27. The van der Waals surface area contributed by atoms with Gasteiger partial charge in [0.1, 0.15) is 0 Å². The van der Waals surface area contributed by atoms with E-state index in [1.165, 1.54) is 21.1 Å². The molecule has 0 bridgehead atoms. The van der Waals surface area contributed by atoms with E-state index in [9.17, 15) is 14.4 Å². The Hall–Kier alpha value is -2.77. The number of nitrogens with one attached hydrogen (secondary N) is 1. The lowest BCUT2D eigenvalue weighted by Gasteiger charge is -2.13. The van der Waals surface area contributed by atoms with Crippen LogP contribution in [0.3, 0.4) is 0 Å². The summed E-state index contributed by atoms with van der Waals surface area (Å²) in [6, 6.07) is 3.96. The van der Waals surface area contributed by atoms with Crippen molar-refractivity contribution in [1.82, 2.24) is 5.32 Å². The molecule has 0 saturated heterocycles. The van der Waals surface area contributed by atoms with Gasteiger partial charge in [-0.1, -0.05) is 6.07 Å². The molecule has 0 radical (unpaired) electrons. The minimum absolute atomic E-state index is 0.0610. The maximum absolute atomic E-state index is 11.8. The van der Waals surface area contributed by atoms with Crippen molar-refractivity contribution in [2.24, 2.45) is 5.73 Å². The van der Waals surface area contributed by atoms with E-state index < -0.39 is 24.0 Å². The molecular formula is C14H18N2O6. The van der Waals surface area contributed by atoms with E-state index in [2.05, 4.69) is 0 Å². The van der Waals surface area contributed by atoms with Crippen LogP contribution in [0.2, 0.25) is 0 Å². The van der Waals surface area contributed by atoms with E-state index in [-0.39, 0.29) is 6.42 Å². The summed E-state index contributed by atoms with van der Waals surface area (Å²) in [6.07, 6.45) is -1.19. The zero-order valence-corrected chi connectivity index (χ0v) is 12.5. The minimum Gasteiger partial charge on any atom is -0.493 e. The van der Waals surface area contributed by atoms with Crippen molar-refractivity contribution < 1.29 is 28.6 Å². The number of hydrogen-bond donors (Lipinski definition) is 2. The van der Waals surface area contributed by atoms with Crippen molar-refractivity contribution >= 4 is 17.9 Å². The number of amides is 3. The zero-order chi connectivity index (χ0) is 16.7. The van der Waals surface area contributed by atoms with E-state index in [1.807, 2.05) is 5.32 Å². The predicted octanol–water partition coefficient (Wildman–Crippen LogP) is 0.373. The maximum atomic E-state index is 11.8. The molecule has 1 atom stereocenters. The fourth-order valence-corrected chi connectivity index (χ4v) is 1.67. The van der Waals surface area contributed by atoms with Crippen LogP contribution in [0.15, 0.2) is 18.2 Å². The fraction of sp³-hybridized carbons (Fsp3) is 0.357. The van der Waals surface area contributed by atoms with Crippen LogP contribution in [0.1, 0.15) is 12.5 Å². The molecule has 0 spiro atoms. The van der Waals surface area contributed by atoms with E-state index >= 15 is 0 Å². The van der Waals surface area contributed by atoms with Crippen molar-refractivity contribution in [1.29, 1.82) is 0 Å². The average molecular weight is 310 g/mol. The summed E-state index contributed by atoms with van der Waals surface area (Å²) in [5, 5.41) is 1.83. The van der Waals surface area contributed by atoms with Gasteiger partial charge in [-0.05, 0) is 24.6 Å². The molecule has 0 aliphatic carbocycles. The van der Waals surface area contributed by atoms with Crippen LogP contribution in [0.4, 0.5) is 4.79 Å². The number of imide groups is 1. The molecule has 22 heavy (non-hydrogen) atoms. The molecule has 1 rings (SSSR count). The number of nitrogens with two attached hydrogens (primary N) is 1. The molecule has 8 nitrogen and oxygen atoms in total. The number of methoxy groups -OCH3 is 2. The Kier molecular flexibility index (Phi) is 6.18. The van der Waals surface area contributed by atoms with E-state index in [0.717, 1.165) is 0 Å². The first-order valence-electron chi connectivity index (χ1n) is 6.38. The smallest absolute Gasteiger partial charge is 0.318 e. The van der Waals surface area contributed by atoms with Gasteiger partial charge in [0.25, 0.3) is 5.91 Å². The van der Waals surface area contributed by atoms with Crippen LogP contribution >= 0.6 is 0 Å². The van der Waals surface area contributed by atoms with Gasteiger partial charge in [-0.2, -0.15) is 0 Å². The number of esters is 1. The summed E-state index contributed by atoms with van der Waals surface area (Å²) in [7, 11) is 2.99. The third kappa shape index (κ3) is 4.97. The van der Waals surface area contributed by atoms with Crippen LogP contribution < -0.4 is 20.5 Å². The second-order valence-corrected chi connectivity index (χ2v) is 4.35.